The highest BCUT2D eigenvalue weighted by atomic mass is 32.1. The van der Waals surface area contributed by atoms with Crippen molar-refractivity contribution in [1.82, 2.24) is 10.2 Å². The molecule has 2 aromatic rings. The molecule has 1 spiro atoms. The minimum Gasteiger partial charge on any atom is -0.496 e. The van der Waals surface area contributed by atoms with Gasteiger partial charge in [0.15, 0.2) is 0 Å². The largest absolute Gasteiger partial charge is 0.496 e. The highest BCUT2D eigenvalue weighted by Crippen LogP contribution is 2.52. The Balaban J connectivity index is 1.33. The summed E-state index contributed by atoms with van der Waals surface area (Å²) in [6, 6.07) is 11.6. The second-order valence-corrected chi connectivity index (χ2v) is 8.74. The molecular weight excluding hydrogens is 388 g/mol. The molecule has 1 aromatic carbocycles. The van der Waals surface area contributed by atoms with Crippen LogP contribution in [0.4, 0.5) is 0 Å². The predicted octanol–water partition coefficient (Wildman–Crippen LogP) is 2.36. The molecule has 3 aliphatic heterocycles. The fourth-order valence-corrected chi connectivity index (χ4v) is 5.47. The van der Waals surface area contributed by atoms with Crippen LogP contribution in [0.2, 0.25) is 0 Å². The van der Waals surface area contributed by atoms with Crippen LogP contribution in [0.15, 0.2) is 53.9 Å². The zero-order valence-corrected chi connectivity index (χ0v) is 16.9. The Morgan fingerprint density at radius 2 is 2.21 bits per heavy atom. The Morgan fingerprint density at radius 3 is 3.00 bits per heavy atom. The number of hydrogen-bond acceptors (Lipinski definition) is 5. The highest BCUT2D eigenvalue weighted by molar-refractivity contribution is 7.09. The molecule has 29 heavy (non-hydrogen) atoms. The van der Waals surface area contributed by atoms with E-state index in [1.54, 1.807) is 18.4 Å². The van der Waals surface area contributed by atoms with Gasteiger partial charge in [-0.3, -0.25) is 9.59 Å². The van der Waals surface area contributed by atoms with E-state index in [4.69, 9.17) is 9.47 Å². The van der Waals surface area contributed by atoms with E-state index in [1.807, 2.05) is 58.8 Å². The third-order valence-corrected chi connectivity index (χ3v) is 6.92. The molecule has 2 bridgehead atoms. The summed E-state index contributed by atoms with van der Waals surface area (Å²) in [5, 5.41) is 4.99. The van der Waals surface area contributed by atoms with Crippen LogP contribution in [-0.4, -0.2) is 42.1 Å². The van der Waals surface area contributed by atoms with Crippen LogP contribution in [-0.2, 0) is 27.4 Å². The minimum absolute atomic E-state index is 0.00249. The van der Waals surface area contributed by atoms with Crippen molar-refractivity contribution in [3.05, 3.63) is 64.4 Å². The standard InChI is InChI=1S/C22H22N2O4S/c1-27-16-7-3-2-5-14(16)11-23-20(25)18-17-8-9-22(28-17)13-24(21(26)19(18)22)12-15-6-4-10-29-15/h2-10,17-19H,11-13H2,1H3,(H,23,25)/t17-,18-,19-,22-/m0/s1. The number of likely N-dealkylation sites (tertiary alicyclic amines) is 1. The molecule has 6 nitrogen and oxygen atoms in total. The zero-order chi connectivity index (χ0) is 20.0. The van der Waals surface area contributed by atoms with E-state index in [-0.39, 0.29) is 17.9 Å². The van der Waals surface area contributed by atoms with E-state index in [1.165, 1.54) is 0 Å². The first kappa shape index (κ1) is 18.4. The van der Waals surface area contributed by atoms with Crippen LogP contribution in [0, 0.1) is 11.8 Å². The number of nitrogens with one attached hydrogen (secondary N) is 1. The molecular formula is C22H22N2O4S. The van der Waals surface area contributed by atoms with Crippen molar-refractivity contribution in [2.75, 3.05) is 13.7 Å². The summed E-state index contributed by atoms with van der Waals surface area (Å²) in [5.74, 6) is -0.385. The molecule has 2 amide bonds. The second kappa shape index (κ2) is 7.00. The third-order valence-electron chi connectivity index (χ3n) is 6.05. The normalized spacial score (nSPS) is 29.3. The van der Waals surface area contributed by atoms with Gasteiger partial charge in [-0.1, -0.05) is 36.4 Å². The van der Waals surface area contributed by atoms with Crippen LogP contribution in [0.25, 0.3) is 0 Å². The van der Waals surface area contributed by atoms with Crippen LogP contribution in [0.1, 0.15) is 10.4 Å². The van der Waals surface area contributed by atoms with Gasteiger partial charge in [0.25, 0.3) is 0 Å². The van der Waals surface area contributed by atoms with Crippen molar-refractivity contribution in [3.8, 4) is 5.75 Å². The molecule has 1 N–H and O–H groups in total. The number of ether oxygens (including phenoxy) is 2. The lowest BCUT2D eigenvalue weighted by Crippen LogP contribution is -2.43. The van der Waals surface area contributed by atoms with Crippen LogP contribution in [0.5, 0.6) is 5.75 Å². The van der Waals surface area contributed by atoms with Crippen LogP contribution < -0.4 is 10.1 Å². The van der Waals surface area contributed by atoms with Crippen LogP contribution in [0.3, 0.4) is 0 Å². The van der Waals surface area contributed by atoms with Gasteiger partial charge in [0, 0.05) is 17.0 Å². The molecule has 0 saturated carbocycles. The topological polar surface area (TPSA) is 67.9 Å². The van der Waals surface area contributed by atoms with Crippen molar-refractivity contribution in [2.45, 2.75) is 24.8 Å². The Morgan fingerprint density at radius 1 is 1.34 bits per heavy atom. The number of amides is 2. The second-order valence-electron chi connectivity index (χ2n) is 7.70. The van der Waals surface area contributed by atoms with Gasteiger partial charge in [0.2, 0.25) is 11.8 Å². The zero-order valence-electron chi connectivity index (χ0n) is 16.0. The summed E-state index contributed by atoms with van der Waals surface area (Å²) in [7, 11) is 1.61. The Hall–Kier alpha value is -2.64. The first-order valence-electron chi connectivity index (χ1n) is 9.69. The molecule has 1 aromatic heterocycles. The van der Waals surface area contributed by atoms with Gasteiger partial charge < -0.3 is 19.7 Å². The van der Waals surface area contributed by atoms with E-state index in [0.29, 0.717) is 19.6 Å². The monoisotopic (exact) mass is 410 g/mol. The van der Waals surface area contributed by atoms with Gasteiger partial charge in [-0.25, -0.2) is 0 Å². The maximum Gasteiger partial charge on any atom is 0.230 e. The predicted molar refractivity (Wildman–Crippen MR) is 108 cm³/mol. The summed E-state index contributed by atoms with van der Waals surface area (Å²) in [4.78, 5) is 29.2. The summed E-state index contributed by atoms with van der Waals surface area (Å²) >= 11 is 1.63. The van der Waals surface area contributed by atoms with E-state index < -0.39 is 17.4 Å². The number of para-hydroxylation sites is 1. The van der Waals surface area contributed by atoms with E-state index >= 15 is 0 Å². The molecule has 0 aliphatic carbocycles. The number of benzene rings is 1. The van der Waals surface area contributed by atoms with Gasteiger partial charge in [0.05, 0.1) is 38.1 Å². The quantitative estimate of drug-likeness (QED) is 0.743. The van der Waals surface area contributed by atoms with Gasteiger partial charge in [-0.15, -0.1) is 11.3 Å². The Kier molecular flexibility index (Phi) is 4.44. The average Bonchev–Trinajstić information content (AvgIpc) is 3.50. The van der Waals surface area contributed by atoms with Gasteiger partial charge in [-0.2, -0.15) is 0 Å². The van der Waals surface area contributed by atoms with Gasteiger partial charge in [-0.05, 0) is 17.5 Å². The molecule has 150 valence electrons. The van der Waals surface area contributed by atoms with Crippen molar-refractivity contribution < 1.29 is 19.1 Å². The molecule has 4 heterocycles. The van der Waals surface area contributed by atoms with Gasteiger partial charge >= 0.3 is 0 Å². The summed E-state index contributed by atoms with van der Waals surface area (Å²) in [5.41, 5.74) is 0.223. The molecule has 3 aliphatic rings. The lowest BCUT2D eigenvalue weighted by atomic mass is 9.77. The SMILES string of the molecule is COc1ccccc1CNC(=O)[C@H]1[C@@H]2C=C[C@@]3(CN(Cc4cccs4)C(=O)[C@H]13)O2. The van der Waals surface area contributed by atoms with Crippen LogP contribution >= 0.6 is 11.3 Å². The lowest BCUT2D eigenvalue weighted by molar-refractivity contribution is -0.137. The highest BCUT2D eigenvalue weighted by Gasteiger charge is 2.66. The molecule has 2 fully saturated rings. The number of hydrogen-bond donors (Lipinski definition) is 1. The maximum atomic E-state index is 13.2. The van der Waals surface area contributed by atoms with Crippen molar-refractivity contribution in [2.24, 2.45) is 11.8 Å². The molecule has 0 radical (unpaired) electrons. The smallest absolute Gasteiger partial charge is 0.230 e. The average molecular weight is 410 g/mol. The van der Waals surface area contributed by atoms with Crippen molar-refractivity contribution in [1.29, 1.82) is 0 Å². The number of carbonyl (C=O) groups excluding carboxylic acids is 2. The molecule has 2 saturated heterocycles. The lowest BCUT2D eigenvalue weighted by Gasteiger charge is -2.23. The van der Waals surface area contributed by atoms with E-state index in [9.17, 15) is 9.59 Å². The van der Waals surface area contributed by atoms with Gasteiger partial charge in [0.1, 0.15) is 11.4 Å². The molecule has 5 rings (SSSR count). The first-order valence-corrected chi connectivity index (χ1v) is 10.6. The molecule has 7 heteroatoms. The molecule has 0 unspecified atom stereocenters. The fraction of sp³-hybridized carbons (Fsp3) is 0.364. The Bertz CT molecular complexity index is 973. The summed E-state index contributed by atoms with van der Waals surface area (Å²) < 4.78 is 11.5. The van der Waals surface area contributed by atoms with Crippen molar-refractivity contribution in [3.63, 3.8) is 0 Å². The number of thiophene rings is 1. The Labute approximate surface area is 173 Å². The fourth-order valence-electron chi connectivity index (χ4n) is 4.75. The number of nitrogens with zero attached hydrogens (tertiary/aromatic N) is 1. The van der Waals surface area contributed by atoms with E-state index in [0.717, 1.165) is 16.2 Å². The first-order chi connectivity index (χ1) is 14.1. The summed E-state index contributed by atoms with van der Waals surface area (Å²) in [6.07, 6.45) is 3.58. The number of methoxy groups -OCH3 is 1. The van der Waals surface area contributed by atoms with Crippen molar-refractivity contribution >= 4 is 23.2 Å². The summed E-state index contributed by atoms with van der Waals surface area (Å²) in [6.45, 7) is 1.41. The van der Waals surface area contributed by atoms with E-state index in [2.05, 4.69) is 5.32 Å². The number of rotatable bonds is 6. The minimum atomic E-state index is -0.675. The number of carbonyl (C=O) groups is 2. The third kappa shape index (κ3) is 2.96. The number of fused-ring (bicyclic) bond motifs is 1. The maximum absolute atomic E-state index is 13.2. The molecule has 4 atom stereocenters.